The largest absolute Gasteiger partial charge is 0.461 e. The van der Waals surface area contributed by atoms with Gasteiger partial charge in [-0.05, 0) is 43.4 Å². The zero-order valence-electron chi connectivity index (χ0n) is 11.8. The second-order valence-electron chi connectivity index (χ2n) is 5.42. The first-order valence-corrected chi connectivity index (χ1v) is 7.04. The van der Waals surface area contributed by atoms with Crippen LogP contribution in [-0.4, -0.2) is 12.6 Å². The number of ether oxygens (including phenoxy) is 1. The molecule has 0 atom stereocenters. The summed E-state index contributed by atoms with van der Waals surface area (Å²) in [6, 6.07) is 8.37. The summed E-state index contributed by atoms with van der Waals surface area (Å²) in [6.45, 7) is 4.50. The van der Waals surface area contributed by atoms with E-state index in [-0.39, 0.29) is 5.97 Å². The standard InChI is InChI=1S/C17H22O2/c1-13-3-8-16(9-4-13)14(2)11-12-19-17(18)10-7-15-5-6-15/h3-4,8-9,11,15H,5-7,10,12H2,1-2H3. The Kier molecular flexibility index (Phi) is 4.78. The first-order valence-electron chi connectivity index (χ1n) is 7.04. The maximum atomic E-state index is 11.5. The van der Waals surface area contributed by atoms with Crippen molar-refractivity contribution in [2.75, 3.05) is 6.61 Å². The summed E-state index contributed by atoms with van der Waals surface area (Å²) in [6.07, 6.45) is 6.13. The van der Waals surface area contributed by atoms with Gasteiger partial charge in [-0.3, -0.25) is 4.79 Å². The molecule has 0 aromatic heterocycles. The molecule has 1 aliphatic carbocycles. The van der Waals surface area contributed by atoms with E-state index in [1.165, 1.54) is 24.0 Å². The fourth-order valence-corrected chi connectivity index (χ4v) is 1.99. The lowest BCUT2D eigenvalue weighted by Crippen LogP contribution is -2.04. The molecular weight excluding hydrogens is 236 g/mol. The first-order chi connectivity index (χ1) is 9.15. The molecule has 2 nitrogen and oxygen atoms in total. The van der Waals surface area contributed by atoms with Crippen LogP contribution in [0.2, 0.25) is 0 Å². The molecule has 0 saturated heterocycles. The second kappa shape index (κ2) is 6.55. The van der Waals surface area contributed by atoms with Gasteiger partial charge in [0, 0.05) is 6.42 Å². The molecule has 1 aromatic carbocycles. The van der Waals surface area contributed by atoms with Gasteiger partial charge in [-0.15, -0.1) is 0 Å². The Morgan fingerprint density at radius 1 is 1.32 bits per heavy atom. The summed E-state index contributed by atoms with van der Waals surface area (Å²) in [5.74, 6) is 0.720. The highest BCUT2D eigenvalue weighted by molar-refractivity contribution is 5.70. The summed E-state index contributed by atoms with van der Waals surface area (Å²) in [7, 11) is 0. The minimum Gasteiger partial charge on any atom is -0.461 e. The monoisotopic (exact) mass is 258 g/mol. The van der Waals surface area contributed by atoms with Crippen LogP contribution in [0.15, 0.2) is 30.3 Å². The Bertz CT molecular complexity index is 453. The van der Waals surface area contributed by atoms with Crippen molar-refractivity contribution in [3.05, 3.63) is 41.5 Å². The van der Waals surface area contributed by atoms with E-state index < -0.39 is 0 Å². The third-order valence-electron chi connectivity index (χ3n) is 3.59. The highest BCUT2D eigenvalue weighted by Gasteiger charge is 2.22. The van der Waals surface area contributed by atoms with E-state index in [0.717, 1.165) is 17.9 Å². The van der Waals surface area contributed by atoms with Crippen LogP contribution in [0.4, 0.5) is 0 Å². The van der Waals surface area contributed by atoms with Crippen molar-refractivity contribution < 1.29 is 9.53 Å². The summed E-state index contributed by atoms with van der Waals surface area (Å²) in [5, 5.41) is 0. The van der Waals surface area contributed by atoms with Crippen LogP contribution in [0.5, 0.6) is 0 Å². The van der Waals surface area contributed by atoms with Crippen LogP contribution < -0.4 is 0 Å². The Morgan fingerprint density at radius 2 is 2.00 bits per heavy atom. The van der Waals surface area contributed by atoms with Crippen LogP contribution >= 0.6 is 0 Å². The van der Waals surface area contributed by atoms with Crippen molar-refractivity contribution in [3.8, 4) is 0 Å². The van der Waals surface area contributed by atoms with Gasteiger partial charge >= 0.3 is 5.97 Å². The average Bonchev–Trinajstić information content (AvgIpc) is 3.21. The van der Waals surface area contributed by atoms with Crippen molar-refractivity contribution in [2.45, 2.75) is 39.5 Å². The third-order valence-corrected chi connectivity index (χ3v) is 3.59. The van der Waals surface area contributed by atoms with Crippen molar-refractivity contribution in [1.82, 2.24) is 0 Å². The summed E-state index contributed by atoms with van der Waals surface area (Å²) < 4.78 is 5.22. The topological polar surface area (TPSA) is 26.3 Å². The molecule has 2 heteroatoms. The van der Waals surface area contributed by atoms with E-state index >= 15 is 0 Å². The first kappa shape index (κ1) is 13.9. The Hall–Kier alpha value is -1.57. The second-order valence-corrected chi connectivity index (χ2v) is 5.42. The smallest absolute Gasteiger partial charge is 0.306 e. The molecule has 1 saturated carbocycles. The van der Waals surface area contributed by atoms with E-state index in [4.69, 9.17) is 4.74 Å². The fraction of sp³-hybridized carbons (Fsp3) is 0.471. The molecule has 0 amide bonds. The predicted molar refractivity (Wildman–Crippen MR) is 77.7 cm³/mol. The van der Waals surface area contributed by atoms with Gasteiger partial charge in [0.2, 0.25) is 0 Å². The number of carbonyl (C=O) groups excluding carboxylic acids is 1. The molecule has 0 spiro atoms. The number of rotatable bonds is 6. The van der Waals surface area contributed by atoms with Crippen LogP contribution in [0.1, 0.15) is 43.7 Å². The number of benzene rings is 1. The van der Waals surface area contributed by atoms with Gasteiger partial charge in [-0.2, -0.15) is 0 Å². The van der Waals surface area contributed by atoms with Crippen molar-refractivity contribution in [2.24, 2.45) is 5.92 Å². The molecule has 0 aliphatic heterocycles. The predicted octanol–water partition coefficient (Wildman–Crippen LogP) is 4.13. The molecule has 0 N–H and O–H groups in total. The quantitative estimate of drug-likeness (QED) is 0.717. The zero-order valence-corrected chi connectivity index (χ0v) is 11.8. The number of aryl methyl sites for hydroxylation is 1. The van der Waals surface area contributed by atoms with E-state index in [9.17, 15) is 4.79 Å². The van der Waals surface area contributed by atoms with Gasteiger partial charge in [0.15, 0.2) is 0 Å². The van der Waals surface area contributed by atoms with Gasteiger partial charge < -0.3 is 4.74 Å². The SMILES string of the molecule is CC(=CCOC(=O)CCC1CC1)c1ccc(C)cc1. The molecular formula is C17H22O2. The Balaban J connectivity index is 1.74. The highest BCUT2D eigenvalue weighted by Crippen LogP contribution is 2.33. The van der Waals surface area contributed by atoms with Gasteiger partial charge in [0.05, 0.1) is 0 Å². The zero-order chi connectivity index (χ0) is 13.7. The maximum Gasteiger partial charge on any atom is 0.306 e. The molecule has 1 fully saturated rings. The molecule has 102 valence electrons. The van der Waals surface area contributed by atoms with Gasteiger partial charge in [0.25, 0.3) is 0 Å². The van der Waals surface area contributed by atoms with Crippen molar-refractivity contribution in [1.29, 1.82) is 0 Å². The Morgan fingerprint density at radius 3 is 2.63 bits per heavy atom. The highest BCUT2D eigenvalue weighted by atomic mass is 16.5. The number of carbonyl (C=O) groups is 1. The van der Waals surface area contributed by atoms with Crippen LogP contribution in [0.3, 0.4) is 0 Å². The van der Waals surface area contributed by atoms with Crippen LogP contribution in [-0.2, 0) is 9.53 Å². The van der Waals surface area contributed by atoms with Crippen LogP contribution in [0, 0.1) is 12.8 Å². The van der Waals surface area contributed by atoms with E-state index in [1.807, 2.05) is 13.0 Å². The van der Waals surface area contributed by atoms with Crippen molar-refractivity contribution >= 4 is 11.5 Å². The summed E-state index contributed by atoms with van der Waals surface area (Å²) in [4.78, 5) is 11.5. The van der Waals surface area contributed by atoms with E-state index in [2.05, 4.69) is 31.2 Å². The fourth-order valence-electron chi connectivity index (χ4n) is 1.99. The molecule has 0 unspecified atom stereocenters. The van der Waals surface area contributed by atoms with E-state index in [0.29, 0.717) is 13.0 Å². The minimum absolute atomic E-state index is 0.0696. The molecule has 19 heavy (non-hydrogen) atoms. The molecule has 0 radical (unpaired) electrons. The molecule has 0 bridgehead atoms. The number of allylic oxidation sites excluding steroid dienone is 1. The molecule has 0 heterocycles. The number of hydrogen-bond donors (Lipinski definition) is 0. The van der Waals surface area contributed by atoms with Gasteiger partial charge in [0.1, 0.15) is 6.61 Å². The normalized spacial score (nSPS) is 15.4. The lowest BCUT2D eigenvalue weighted by molar-refractivity contribution is -0.142. The third kappa shape index (κ3) is 4.90. The minimum atomic E-state index is -0.0696. The maximum absolute atomic E-state index is 11.5. The van der Waals surface area contributed by atoms with Gasteiger partial charge in [-0.25, -0.2) is 0 Å². The molecule has 1 aliphatic rings. The van der Waals surface area contributed by atoms with E-state index in [1.54, 1.807) is 0 Å². The average molecular weight is 258 g/mol. The molecule has 1 aromatic rings. The number of esters is 1. The molecule has 2 rings (SSSR count). The Labute approximate surface area is 115 Å². The lowest BCUT2D eigenvalue weighted by Gasteiger charge is -2.04. The van der Waals surface area contributed by atoms with Gasteiger partial charge in [-0.1, -0.05) is 42.7 Å². The summed E-state index contributed by atoms with van der Waals surface area (Å²) in [5.41, 5.74) is 3.58. The van der Waals surface area contributed by atoms with Crippen LogP contribution in [0.25, 0.3) is 5.57 Å². The summed E-state index contributed by atoms with van der Waals surface area (Å²) >= 11 is 0. The van der Waals surface area contributed by atoms with Crippen molar-refractivity contribution in [3.63, 3.8) is 0 Å². The lowest BCUT2D eigenvalue weighted by atomic mass is 10.1. The number of hydrogen-bond acceptors (Lipinski definition) is 2.